The number of carbonyl (C=O) groups excluding carboxylic acids is 1. The van der Waals surface area contributed by atoms with Crippen molar-refractivity contribution in [3.05, 3.63) is 62.3 Å². The van der Waals surface area contributed by atoms with E-state index >= 15 is 0 Å². The van der Waals surface area contributed by atoms with Crippen LogP contribution in [-0.2, 0) is 13.6 Å². The van der Waals surface area contributed by atoms with Crippen LogP contribution in [0.15, 0.2) is 44.3 Å². The van der Waals surface area contributed by atoms with Crippen molar-refractivity contribution in [2.75, 3.05) is 16.8 Å². The number of aromatic nitrogens is 4. The minimum Gasteiger partial charge on any atom is -0.384 e. The van der Waals surface area contributed by atoms with E-state index in [1.54, 1.807) is 0 Å². The number of nitrogens with zero attached hydrogens (tertiary/aromatic N) is 4. The Hall–Kier alpha value is -2.92. The molecule has 0 saturated heterocycles. The fraction of sp³-hybridized carbons (Fsp3) is 0.409. The number of nitrogens with one attached hydrogen (secondary N) is 1. The lowest BCUT2D eigenvalue weighted by Crippen LogP contribution is -2.43. The number of nitrogens with two attached hydrogens (primary N) is 1. The predicted molar refractivity (Wildman–Crippen MR) is 131 cm³/mol. The molecule has 0 aliphatic heterocycles. The van der Waals surface area contributed by atoms with Gasteiger partial charge in [0, 0.05) is 13.1 Å². The molecule has 1 saturated carbocycles. The summed E-state index contributed by atoms with van der Waals surface area (Å²) in [6.07, 6.45) is 5.97. The van der Waals surface area contributed by atoms with Gasteiger partial charge in [-0.05, 0) is 18.4 Å². The fourth-order valence-corrected chi connectivity index (χ4v) is 5.61. The highest BCUT2D eigenvalue weighted by atomic mass is 32.2. The van der Waals surface area contributed by atoms with Crippen LogP contribution < -0.4 is 22.3 Å². The average molecular weight is 487 g/mol. The van der Waals surface area contributed by atoms with Crippen LogP contribution in [0.3, 0.4) is 0 Å². The molecule has 0 atom stereocenters. The summed E-state index contributed by atoms with van der Waals surface area (Å²) >= 11 is 2.60. The fourth-order valence-electron chi connectivity index (χ4n) is 3.91. The smallest absolute Gasteiger partial charge is 0.332 e. The first kappa shape index (κ1) is 23.2. The van der Waals surface area contributed by atoms with E-state index in [4.69, 9.17) is 5.73 Å². The number of nitrogen functional groups attached to an aromatic ring is 1. The summed E-state index contributed by atoms with van der Waals surface area (Å²) in [5.41, 5.74) is 5.57. The molecule has 1 fully saturated rings. The Bertz CT molecular complexity index is 1250. The van der Waals surface area contributed by atoms with Crippen LogP contribution in [0.4, 0.5) is 10.9 Å². The van der Waals surface area contributed by atoms with Crippen LogP contribution in [0.2, 0.25) is 0 Å². The minimum absolute atomic E-state index is 0.0267. The zero-order valence-corrected chi connectivity index (χ0v) is 20.0. The summed E-state index contributed by atoms with van der Waals surface area (Å²) in [4.78, 5) is 38.3. The van der Waals surface area contributed by atoms with Crippen LogP contribution in [0.25, 0.3) is 0 Å². The summed E-state index contributed by atoms with van der Waals surface area (Å²) < 4.78 is 2.81. The van der Waals surface area contributed by atoms with Crippen molar-refractivity contribution in [3.8, 4) is 0 Å². The highest BCUT2D eigenvalue weighted by Gasteiger charge is 2.22. The Morgan fingerprint density at radius 1 is 1.18 bits per heavy atom. The lowest BCUT2D eigenvalue weighted by molar-refractivity contribution is 0.102. The molecule has 0 radical (unpaired) electrons. The third-order valence-electron chi connectivity index (χ3n) is 5.71. The Balaban J connectivity index is 1.49. The minimum atomic E-state index is -0.690. The maximum atomic E-state index is 13.0. The number of benzene rings is 1. The molecular weight excluding hydrogens is 460 g/mol. The monoisotopic (exact) mass is 486 g/mol. The number of hydrogen-bond donors (Lipinski definition) is 2. The van der Waals surface area contributed by atoms with Crippen molar-refractivity contribution in [2.24, 2.45) is 7.05 Å². The number of Topliss-reactive ketones (excluding diaryl/α,β-unsaturated/α-hetero) is 1. The van der Waals surface area contributed by atoms with Gasteiger partial charge in [-0.1, -0.05) is 72.7 Å². The van der Waals surface area contributed by atoms with Crippen LogP contribution in [0.5, 0.6) is 0 Å². The summed E-state index contributed by atoms with van der Waals surface area (Å²) in [6.45, 7) is 0.166. The molecule has 0 unspecified atom stereocenters. The molecule has 1 aliphatic rings. The zero-order chi connectivity index (χ0) is 23.4. The van der Waals surface area contributed by atoms with Crippen LogP contribution in [0, 0.1) is 0 Å². The number of thioether (sulfide) groups is 1. The van der Waals surface area contributed by atoms with Gasteiger partial charge in [0.2, 0.25) is 5.13 Å². The molecule has 1 aromatic carbocycles. The van der Waals surface area contributed by atoms with Gasteiger partial charge in [-0.25, -0.2) is 4.79 Å². The summed E-state index contributed by atoms with van der Waals surface area (Å²) in [5, 5.41) is 12.5. The van der Waals surface area contributed by atoms with E-state index in [0.29, 0.717) is 10.4 Å². The molecule has 2 heterocycles. The highest BCUT2D eigenvalue weighted by Crippen LogP contribution is 2.29. The van der Waals surface area contributed by atoms with E-state index in [-0.39, 0.29) is 23.7 Å². The third-order valence-corrected chi connectivity index (χ3v) is 7.70. The largest absolute Gasteiger partial charge is 0.384 e. The second-order valence-electron chi connectivity index (χ2n) is 8.04. The lowest BCUT2D eigenvalue weighted by atomic mass is 9.96. The second-order valence-corrected chi connectivity index (χ2v) is 10.2. The molecule has 3 aromatic rings. The average Bonchev–Trinajstić information content (AvgIpc) is 3.28. The Morgan fingerprint density at radius 3 is 2.64 bits per heavy atom. The van der Waals surface area contributed by atoms with Crippen molar-refractivity contribution in [2.45, 2.75) is 49.0 Å². The van der Waals surface area contributed by atoms with E-state index in [1.807, 2.05) is 30.3 Å². The first-order chi connectivity index (χ1) is 15.9. The number of rotatable bonds is 8. The number of anilines is 2. The number of ketones is 1. The summed E-state index contributed by atoms with van der Waals surface area (Å²) in [5.74, 6) is -0.590. The quantitative estimate of drug-likeness (QED) is 0.368. The summed E-state index contributed by atoms with van der Waals surface area (Å²) in [6, 6.07) is 9.68. The number of carbonyl (C=O) groups is 1. The van der Waals surface area contributed by atoms with Crippen molar-refractivity contribution >= 4 is 39.8 Å². The molecule has 3 N–H and O–H groups in total. The molecule has 0 bridgehead atoms. The molecule has 11 heteroatoms. The van der Waals surface area contributed by atoms with E-state index < -0.39 is 17.0 Å². The maximum Gasteiger partial charge on any atom is 0.332 e. The molecule has 1 aliphatic carbocycles. The van der Waals surface area contributed by atoms with E-state index in [1.165, 1.54) is 54.0 Å². The molecular formula is C22H26N6O3S2. The maximum absolute atomic E-state index is 13.0. The second kappa shape index (κ2) is 10.3. The van der Waals surface area contributed by atoms with Crippen molar-refractivity contribution < 1.29 is 4.79 Å². The van der Waals surface area contributed by atoms with Gasteiger partial charge in [-0.15, -0.1) is 10.2 Å². The Morgan fingerprint density at radius 2 is 1.91 bits per heavy atom. The Kier molecular flexibility index (Phi) is 7.29. The molecule has 4 rings (SSSR count). The summed E-state index contributed by atoms with van der Waals surface area (Å²) in [7, 11) is 1.35. The molecule has 0 amide bonds. The molecule has 174 valence electrons. The third kappa shape index (κ3) is 5.36. The topological polar surface area (TPSA) is 125 Å². The zero-order valence-electron chi connectivity index (χ0n) is 18.3. The van der Waals surface area contributed by atoms with Crippen LogP contribution in [-0.4, -0.2) is 36.9 Å². The Labute approximate surface area is 199 Å². The van der Waals surface area contributed by atoms with Gasteiger partial charge in [0.25, 0.3) is 5.56 Å². The van der Waals surface area contributed by atoms with Crippen LogP contribution >= 0.6 is 23.1 Å². The van der Waals surface area contributed by atoms with Crippen molar-refractivity contribution in [1.29, 1.82) is 0 Å². The molecule has 33 heavy (non-hydrogen) atoms. The normalized spacial score (nSPS) is 14.3. The van der Waals surface area contributed by atoms with Gasteiger partial charge in [0.15, 0.2) is 10.1 Å². The number of hydrogen-bond acceptors (Lipinski definition) is 9. The molecule has 0 spiro atoms. The standard InChI is InChI=1S/C22H26N6O3S2/c1-27-19(30)17(18(23)28(22(27)31)12-14-8-4-2-5-9-14)16(29)13-32-21-26-25-20(33-21)24-15-10-6-3-7-11-15/h2,4-5,8-9,15H,3,6-7,10-13,23H2,1H3,(H,24,25). The first-order valence-electron chi connectivity index (χ1n) is 10.8. The van der Waals surface area contributed by atoms with E-state index in [9.17, 15) is 14.4 Å². The van der Waals surface area contributed by atoms with Gasteiger partial charge in [0.05, 0.1) is 12.3 Å². The first-order valence-corrected chi connectivity index (χ1v) is 12.6. The van der Waals surface area contributed by atoms with E-state index in [2.05, 4.69) is 15.5 Å². The molecule has 2 aromatic heterocycles. The van der Waals surface area contributed by atoms with Gasteiger partial charge in [-0.2, -0.15) is 0 Å². The van der Waals surface area contributed by atoms with Crippen molar-refractivity contribution in [3.63, 3.8) is 0 Å². The van der Waals surface area contributed by atoms with Gasteiger partial charge in [0.1, 0.15) is 11.4 Å². The predicted octanol–water partition coefficient (Wildman–Crippen LogP) is 2.75. The van der Waals surface area contributed by atoms with Gasteiger partial charge < -0.3 is 11.1 Å². The SMILES string of the molecule is Cn1c(=O)c(C(=O)CSc2nnc(NC3CCCCC3)s2)c(N)n(Cc2ccccc2)c1=O. The van der Waals surface area contributed by atoms with Crippen molar-refractivity contribution in [1.82, 2.24) is 19.3 Å². The van der Waals surface area contributed by atoms with Gasteiger partial charge >= 0.3 is 5.69 Å². The van der Waals surface area contributed by atoms with E-state index in [0.717, 1.165) is 28.1 Å². The van der Waals surface area contributed by atoms with Gasteiger partial charge in [-0.3, -0.25) is 18.7 Å². The lowest BCUT2D eigenvalue weighted by Gasteiger charge is -2.21. The molecule has 9 nitrogen and oxygen atoms in total. The van der Waals surface area contributed by atoms with Crippen LogP contribution in [0.1, 0.15) is 48.0 Å². The highest BCUT2D eigenvalue weighted by molar-refractivity contribution is 8.01.